The zero-order valence-electron chi connectivity index (χ0n) is 10.1. The van der Waals surface area contributed by atoms with Crippen LogP contribution in [0.1, 0.15) is 0 Å². The zero-order chi connectivity index (χ0) is 12.5. The van der Waals surface area contributed by atoms with E-state index in [-0.39, 0.29) is 5.75 Å². The number of phenolic OH excluding ortho intramolecular Hbond substituents is 1. The van der Waals surface area contributed by atoms with Crippen LogP contribution in [0.5, 0.6) is 5.75 Å². The molecule has 2 aromatic carbocycles. The standard InChI is InChI=1S/C15H14N2O/c1-17-9-8-11-10-13(4-7-15(11)17)16-12-2-5-14(18)6-3-12/h2-10,16,18H,1H3. The SMILES string of the molecule is Cn1ccc2cc(Nc3ccc(O)cc3)ccc21. The molecule has 0 spiro atoms. The van der Waals surface area contributed by atoms with E-state index in [1.807, 2.05) is 19.2 Å². The van der Waals surface area contributed by atoms with Crippen LogP contribution in [0.3, 0.4) is 0 Å². The predicted molar refractivity (Wildman–Crippen MR) is 74.3 cm³/mol. The highest BCUT2D eigenvalue weighted by atomic mass is 16.3. The van der Waals surface area contributed by atoms with Crippen LogP contribution in [0.4, 0.5) is 11.4 Å². The van der Waals surface area contributed by atoms with Crippen molar-refractivity contribution in [2.45, 2.75) is 0 Å². The molecule has 0 bridgehead atoms. The van der Waals surface area contributed by atoms with Crippen LogP contribution < -0.4 is 5.32 Å². The molecule has 3 nitrogen and oxygen atoms in total. The second-order valence-corrected chi connectivity index (χ2v) is 4.37. The highest BCUT2D eigenvalue weighted by Crippen LogP contribution is 2.23. The van der Waals surface area contributed by atoms with E-state index in [1.54, 1.807) is 12.1 Å². The predicted octanol–water partition coefficient (Wildman–Crippen LogP) is 3.63. The number of phenols is 1. The summed E-state index contributed by atoms with van der Waals surface area (Å²) in [4.78, 5) is 0. The minimum atomic E-state index is 0.277. The van der Waals surface area contributed by atoms with Crippen molar-refractivity contribution in [3.8, 4) is 5.75 Å². The first kappa shape index (κ1) is 10.7. The molecule has 90 valence electrons. The van der Waals surface area contributed by atoms with Gasteiger partial charge in [0.15, 0.2) is 0 Å². The van der Waals surface area contributed by atoms with Crippen LogP contribution in [0.25, 0.3) is 10.9 Å². The summed E-state index contributed by atoms with van der Waals surface area (Å²) in [6.07, 6.45) is 2.05. The maximum absolute atomic E-state index is 9.24. The van der Waals surface area contributed by atoms with Crippen molar-refractivity contribution in [1.82, 2.24) is 4.57 Å². The van der Waals surface area contributed by atoms with Crippen molar-refractivity contribution < 1.29 is 5.11 Å². The van der Waals surface area contributed by atoms with Gasteiger partial charge in [-0.2, -0.15) is 0 Å². The van der Waals surface area contributed by atoms with Crippen molar-refractivity contribution in [1.29, 1.82) is 0 Å². The van der Waals surface area contributed by atoms with Crippen molar-refractivity contribution in [2.75, 3.05) is 5.32 Å². The summed E-state index contributed by atoms with van der Waals surface area (Å²) in [5.74, 6) is 0.277. The van der Waals surface area contributed by atoms with E-state index in [1.165, 1.54) is 10.9 Å². The van der Waals surface area contributed by atoms with Gasteiger partial charge in [0.05, 0.1) is 0 Å². The molecular formula is C15H14N2O. The molecule has 0 saturated carbocycles. The lowest BCUT2D eigenvalue weighted by Crippen LogP contribution is -1.90. The van der Waals surface area contributed by atoms with Crippen molar-refractivity contribution in [3.05, 3.63) is 54.7 Å². The van der Waals surface area contributed by atoms with Crippen molar-refractivity contribution in [3.63, 3.8) is 0 Å². The molecule has 0 aliphatic carbocycles. The third kappa shape index (κ3) is 1.91. The van der Waals surface area contributed by atoms with Gasteiger partial charge >= 0.3 is 0 Å². The van der Waals surface area contributed by atoms with E-state index in [0.717, 1.165) is 11.4 Å². The molecule has 1 aromatic heterocycles. The summed E-state index contributed by atoms with van der Waals surface area (Å²) in [5, 5.41) is 13.8. The third-order valence-corrected chi connectivity index (χ3v) is 3.04. The number of aromatic hydroxyl groups is 1. The van der Waals surface area contributed by atoms with Gasteiger partial charge in [-0.05, 0) is 48.5 Å². The number of aromatic nitrogens is 1. The first-order valence-corrected chi connectivity index (χ1v) is 5.83. The molecule has 0 aliphatic rings. The van der Waals surface area contributed by atoms with Crippen molar-refractivity contribution in [2.24, 2.45) is 7.05 Å². The fourth-order valence-electron chi connectivity index (χ4n) is 2.07. The average Bonchev–Trinajstić information content (AvgIpc) is 2.74. The van der Waals surface area contributed by atoms with Crippen LogP contribution in [0, 0.1) is 0 Å². The highest BCUT2D eigenvalue weighted by molar-refractivity contribution is 5.84. The molecule has 3 aromatic rings. The minimum absolute atomic E-state index is 0.277. The fraction of sp³-hybridized carbons (Fsp3) is 0.0667. The highest BCUT2D eigenvalue weighted by Gasteiger charge is 2.00. The number of hydrogen-bond donors (Lipinski definition) is 2. The largest absolute Gasteiger partial charge is 0.508 e. The van der Waals surface area contributed by atoms with Gasteiger partial charge in [-0.1, -0.05) is 0 Å². The van der Waals surface area contributed by atoms with E-state index in [9.17, 15) is 5.11 Å². The van der Waals surface area contributed by atoms with Crippen molar-refractivity contribution >= 4 is 22.3 Å². The average molecular weight is 238 g/mol. The first-order valence-electron chi connectivity index (χ1n) is 5.83. The Morgan fingerprint density at radius 2 is 1.67 bits per heavy atom. The molecule has 0 radical (unpaired) electrons. The topological polar surface area (TPSA) is 37.2 Å². The molecule has 0 aliphatic heterocycles. The summed E-state index contributed by atoms with van der Waals surface area (Å²) >= 11 is 0. The summed E-state index contributed by atoms with van der Waals surface area (Å²) in [7, 11) is 2.04. The monoisotopic (exact) mass is 238 g/mol. The van der Waals surface area contributed by atoms with Crippen LogP contribution in [0.15, 0.2) is 54.7 Å². The lowest BCUT2D eigenvalue weighted by atomic mass is 10.2. The maximum Gasteiger partial charge on any atom is 0.115 e. The van der Waals surface area contributed by atoms with Gasteiger partial charge in [-0.15, -0.1) is 0 Å². The number of fused-ring (bicyclic) bond motifs is 1. The third-order valence-electron chi connectivity index (χ3n) is 3.04. The quantitative estimate of drug-likeness (QED) is 0.669. The van der Waals surface area contributed by atoms with Gasteiger partial charge in [-0.3, -0.25) is 0 Å². The van der Waals surface area contributed by atoms with Gasteiger partial charge in [0.25, 0.3) is 0 Å². The number of nitrogens with zero attached hydrogens (tertiary/aromatic N) is 1. The van der Waals surface area contributed by atoms with Crippen LogP contribution in [0.2, 0.25) is 0 Å². The molecule has 0 fully saturated rings. The van der Waals surface area contributed by atoms with E-state index < -0.39 is 0 Å². The van der Waals surface area contributed by atoms with Crippen LogP contribution in [-0.2, 0) is 7.05 Å². The number of benzene rings is 2. The van der Waals surface area contributed by atoms with E-state index in [4.69, 9.17) is 0 Å². The Morgan fingerprint density at radius 1 is 0.944 bits per heavy atom. The molecule has 3 heteroatoms. The molecule has 3 rings (SSSR count). The van der Waals surface area contributed by atoms with Crippen LogP contribution >= 0.6 is 0 Å². The minimum Gasteiger partial charge on any atom is -0.508 e. The smallest absolute Gasteiger partial charge is 0.115 e. The lowest BCUT2D eigenvalue weighted by Gasteiger charge is -2.07. The summed E-state index contributed by atoms with van der Waals surface area (Å²) in [5.41, 5.74) is 3.22. The Morgan fingerprint density at radius 3 is 2.44 bits per heavy atom. The molecular weight excluding hydrogens is 224 g/mol. The Bertz CT molecular complexity index is 683. The molecule has 0 amide bonds. The van der Waals surface area contributed by atoms with Gasteiger partial charge in [0, 0.05) is 35.5 Å². The zero-order valence-corrected chi connectivity index (χ0v) is 10.1. The first-order chi connectivity index (χ1) is 8.72. The molecule has 0 saturated heterocycles. The Labute approximate surface area is 105 Å². The Hall–Kier alpha value is -2.42. The number of aryl methyl sites for hydroxylation is 1. The normalized spacial score (nSPS) is 10.7. The second-order valence-electron chi connectivity index (χ2n) is 4.37. The van der Waals surface area contributed by atoms with Crippen LogP contribution in [-0.4, -0.2) is 9.67 Å². The number of anilines is 2. The Balaban J connectivity index is 1.92. The van der Waals surface area contributed by atoms with Gasteiger partial charge in [0.1, 0.15) is 5.75 Å². The number of rotatable bonds is 2. The van der Waals surface area contributed by atoms with E-state index in [0.29, 0.717) is 0 Å². The second kappa shape index (κ2) is 4.11. The summed E-state index contributed by atoms with van der Waals surface area (Å²) in [6, 6.07) is 15.4. The number of hydrogen-bond acceptors (Lipinski definition) is 2. The van der Waals surface area contributed by atoms with Gasteiger partial charge in [-0.25, -0.2) is 0 Å². The summed E-state index contributed by atoms with van der Waals surface area (Å²) < 4.78 is 2.10. The van der Waals surface area contributed by atoms with E-state index >= 15 is 0 Å². The molecule has 2 N–H and O–H groups in total. The van der Waals surface area contributed by atoms with E-state index in [2.05, 4.69) is 40.3 Å². The summed E-state index contributed by atoms with van der Waals surface area (Å²) in [6.45, 7) is 0. The van der Waals surface area contributed by atoms with Gasteiger partial charge in [0.2, 0.25) is 0 Å². The molecule has 18 heavy (non-hydrogen) atoms. The fourth-order valence-corrected chi connectivity index (χ4v) is 2.07. The molecule has 1 heterocycles. The Kier molecular flexibility index (Phi) is 2.45. The number of nitrogens with one attached hydrogen (secondary N) is 1. The molecule has 0 atom stereocenters. The molecule has 0 unspecified atom stereocenters. The lowest BCUT2D eigenvalue weighted by molar-refractivity contribution is 0.475. The van der Waals surface area contributed by atoms with Gasteiger partial charge < -0.3 is 15.0 Å². The maximum atomic E-state index is 9.24.